The highest BCUT2D eigenvalue weighted by molar-refractivity contribution is 5.94. The zero-order chi connectivity index (χ0) is 25.9. The van der Waals surface area contributed by atoms with E-state index in [4.69, 9.17) is 14.2 Å². The molecule has 2 atom stereocenters. The van der Waals surface area contributed by atoms with Crippen molar-refractivity contribution in [1.29, 1.82) is 0 Å². The lowest BCUT2D eigenvalue weighted by Gasteiger charge is -2.39. The molecule has 36 heavy (non-hydrogen) atoms. The summed E-state index contributed by atoms with van der Waals surface area (Å²) in [5.41, 5.74) is 0.693. The van der Waals surface area contributed by atoms with Crippen molar-refractivity contribution in [2.45, 2.75) is 52.4 Å². The Bertz CT molecular complexity index is 1110. The maximum atomic E-state index is 12.7. The van der Waals surface area contributed by atoms with Crippen molar-refractivity contribution in [3.05, 3.63) is 65.9 Å². The van der Waals surface area contributed by atoms with Crippen molar-refractivity contribution in [2.24, 2.45) is 5.92 Å². The van der Waals surface area contributed by atoms with Gasteiger partial charge in [-0.05, 0) is 76.9 Å². The molecule has 0 aliphatic carbocycles. The van der Waals surface area contributed by atoms with Crippen LogP contribution in [0.5, 0.6) is 11.5 Å². The monoisotopic (exact) mass is 494 g/mol. The number of carboxylic acids is 1. The number of carbonyl (C=O) groups is 2. The molecule has 1 fully saturated rings. The Morgan fingerprint density at radius 2 is 1.72 bits per heavy atom. The highest BCUT2D eigenvalue weighted by atomic mass is 16.6. The number of para-hydroxylation sites is 1. The van der Waals surface area contributed by atoms with Crippen LogP contribution < -0.4 is 4.74 Å². The van der Waals surface area contributed by atoms with Gasteiger partial charge in [0.1, 0.15) is 17.1 Å². The molecule has 2 unspecified atom stereocenters. The number of hydrogen-bond donors (Lipinski definition) is 1. The Morgan fingerprint density at radius 1 is 1.06 bits per heavy atom. The number of rotatable bonds is 6. The Labute approximate surface area is 212 Å². The highest BCUT2D eigenvalue weighted by Gasteiger charge is 2.43. The molecule has 192 valence electrons. The van der Waals surface area contributed by atoms with Crippen molar-refractivity contribution >= 4 is 17.8 Å². The zero-order valence-corrected chi connectivity index (χ0v) is 21.3. The Hall–Kier alpha value is -3.68. The maximum Gasteiger partial charge on any atom is 0.410 e. The fourth-order valence-corrected chi connectivity index (χ4v) is 4.68. The van der Waals surface area contributed by atoms with E-state index in [1.54, 1.807) is 4.90 Å². The lowest BCUT2D eigenvalue weighted by molar-refractivity contribution is -0.138. The third-order valence-electron chi connectivity index (χ3n) is 6.20. The van der Waals surface area contributed by atoms with Crippen LogP contribution in [-0.2, 0) is 14.3 Å². The zero-order valence-electron chi connectivity index (χ0n) is 21.3. The van der Waals surface area contributed by atoms with Crippen LogP contribution in [0.2, 0.25) is 0 Å². The number of piperidine rings is 1. The van der Waals surface area contributed by atoms with Crippen LogP contribution in [0.3, 0.4) is 0 Å². The molecule has 2 aromatic rings. The van der Waals surface area contributed by atoms with Gasteiger partial charge in [-0.25, -0.2) is 9.59 Å². The van der Waals surface area contributed by atoms with E-state index in [1.165, 1.54) is 0 Å². The van der Waals surface area contributed by atoms with Crippen molar-refractivity contribution in [3.8, 4) is 11.5 Å². The largest absolute Gasteiger partial charge is 0.475 e. The lowest BCUT2D eigenvalue weighted by Crippen LogP contribution is -2.48. The molecule has 2 aliphatic heterocycles. The van der Waals surface area contributed by atoms with E-state index in [-0.39, 0.29) is 17.8 Å². The number of amides is 1. The van der Waals surface area contributed by atoms with Gasteiger partial charge in [-0.1, -0.05) is 18.2 Å². The van der Waals surface area contributed by atoms with Crippen molar-refractivity contribution < 1.29 is 28.9 Å². The van der Waals surface area contributed by atoms with Crippen LogP contribution in [0.1, 0.15) is 46.1 Å². The molecule has 2 aliphatic rings. The second-order valence-corrected chi connectivity index (χ2v) is 10.0. The van der Waals surface area contributed by atoms with Crippen molar-refractivity contribution in [1.82, 2.24) is 9.80 Å². The summed E-state index contributed by atoms with van der Waals surface area (Å²) in [5.74, 6) is 0.130. The van der Waals surface area contributed by atoms with Gasteiger partial charge in [0.15, 0.2) is 6.23 Å². The summed E-state index contributed by atoms with van der Waals surface area (Å²) in [6, 6.07) is 16.8. The summed E-state index contributed by atoms with van der Waals surface area (Å²) in [6.07, 6.45) is 0.783. The van der Waals surface area contributed by atoms with E-state index in [1.807, 2.05) is 87.2 Å². The number of hydrogen-bond acceptors (Lipinski definition) is 6. The summed E-state index contributed by atoms with van der Waals surface area (Å²) in [6.45, 7) is 9.12. The molecule has 1 N–H and O–H groups in total. The highest BCUT2D eigenvalue weighted by Crippen LogP contribution is 2.39. The van der Waals surface area contributed by atoms with E-state index in [0.29, 0.717) is 31.1 Å². The molecular weight excluding hydrogens is 460 g/mol. The average molecular weight is 495 g/mol. The minimum Gasteiger partial charge on any atom is -0.475 e. The van der Waals surface area contributed by atoms with Gasteiger partial charge in [0.25, 0.3) is 0 Å². The van der Waals surface area contributed by atoms with Crippen LogP contribution in [0.25, 0.3) is 5.70 Å². The molecule has 8 heteroatoms. The topological polar surface area (TPSA) is 88.5 Å². The number of aliphatic carboxylic acids is 1. The van der Waals surface area contributed by atoms with Crippen LogP contribution in [0.4, 0.5) is 4.79 Å². The first-order chi connectivity index (χ1) is 17.2. The first kappa shape index (κ1) is 25.4. The first-order valence-corrected chi connectivity index (χ1v) is 12.4. The van der Waals surface area contributed by atoms with Gasteiger partial charge in [-0.15, -0.1) is 0 Å². The van der Waals surface area contributed by atoms with Crippen LogP contribution in [0, 0.1) is 5.92 Å². The molecule has 2 aromatic carbocycles. The van der Waals surface area contributed by atoms with E-state index in [9.17, 15) is 14.7 Å². The van der Waals surface area contributed by atoms with Crippen molar-refractivity contribution in [2.75, 3.05) is 19.6 Å². The fraction of sp³-hybridized carbons (Fsp3) is 0.429. The predicted molar refractivity (Wildman–Crippen MR) is 135 cm³/mol. The minimum atomic E-state index is -1.12. The molecular formula is C28H34N2O6. The summed E-state index contributed by atoms with van der Waals surface area (Å²) in [4.78, 5) is 28.6. The fourth-order valence-electron chi connectivity index (χ4n) is 4.68. The first-order valence-electron chi connectivity index (χ1n) is 12.4. The molecule has 0 spiro atoms. The summed E-state index contributed by atoms with van der Waals surface area (Å²) in [5, 5.41) is 9.97. The third kappa shape index (κ3) is 5.75. The Kier molecular flexibility index (Phi) is 7.43. The van der Waals surface area contributed by atoms with Gasteiger partial charge >= 0.3 is 12.1 Å². The number of likely N-dealkylation sites (tertiary alicyclic amines) is 1. The van der Waals surface area contributed by atoms with E-state index in [0.717, 1.165) is 24.2 Å². The Morgan fingerprint density at radius 3 is 2.33 bits per heavy atom. The van der Waals surface area contributed by atoms with Gasteiger partial charge in [-0.2, -0.15) is 0 Å². The van der Waals surface area contributed by atoms with Crippen LogP contribution in [-0.4, -0.2) is 58.4 Å². The SMILES string of the molecule is CCN1C(c2ccc(Oc3ccccc3)cc2)=C(C(=O)O)OC1C1CCCN(C(=O)OC(C)(C)C)C1. The van der Waals surface area contributed by atoms with Crippen molar-refractivity contribution in [3.63, 3.8) is 0 Å². The van der Waals surface area contributed by atoms with E-state index in [2.05, 4.69) is 0 Å². The molecule has 0 bridgehead atoms. The smallest absolute Gasteiger partial charge is 0.410 e. The molecule has 0 saturated carbocycles. The number of ether oxygens (including phenoxy) is 3. The quantitative estimate of drug-likeness (QED) is 0.563. The van der Waals surface area contributed by atoms with Gasteiger partial charge in [0, 0.05) is 31.1 Å². The maximum absolute atomic E-state index is 12.7. The number of carbonyl (C=O) groups excluding carboxylic acids is 1. The van der Waals surface area contributed by atoms with Gasteiger partial charge < -0.3 is 29.1 Å². The lowest BCUT2D eigenvalue weighted by atomic mass is 9.95. The molecule has 0 radical (unpaired) electrons. The summed E-state index contributed by atoms with van der Waals surface area (Å²) >= 11 is 0. The molecule has 8 nitrogen and oxygen atoms in total. The van der Waals surface area contributed by atoms with Gasteiger partial charge in [-0.3, -0.25) is 0 Å². The molecule has 1 saturated heterocycles. The summed E-state index contributed by atoms with van der Waals surface area (Å²) in [7, 11) is 0. The third-order valence-corrected chi connectivity index (χ3v) is 6.20. The molecule has 4 rings (SSSR count). The Balaban J connectivity index is 1.54. The predicted octanol–water partition coefficient (Wildman–Crippen LogP) is 5.56. The second-order valence-electron chi connectivity index (χ2n) is 10.0. The minimum absolute atomic E-state index is 0.0567. The van der Waals surface area contributed by atoms with Crippen LogP contribution in [0.15, 0.2) is 60.4 Å². The molecule has 2 heterocycles. The second kappa shape index (κ2) is 10.5. The van der Waals surface area contributed by atoms with E-state index >= 15 is 0 Å². The molecule has 0 aromatic heterocycles. The van der Waals surface area contributed by atoms with Gasteiger partial charge in [0.2, 0.25) is 5.76 Å². The number of carboxylic acid groups (broad SMARTS) is 1. The summed E-state index contributed by atoms with van der Waals surface area (Å²) < 4.78 is 17.5. The van der Waals surface area contributed by atoms with Gasteiger partial charge in [0.05, 0.1) is 5.70 Å². The van der Waals surface area contributed by atoms with E-state index < -0.39 is 17.8 Å². The number of benzene rings is 2. The standard InChI is InChI=1S/C28H34N2O6/c1-5-30-23(19-13-15-22(16-14-19)34-21-11-7-6-8-12-21)24(26(31)32)35-25(30)20-10-9-17-29(18-20)27(33)36-28(2,3)4/h6-8,11-16,20,25H,5,9-10,17-18H2,1-4H3,(H,31,32). The molecule has 1 amide bonds. The normalized spacial score (nSPS) is 20.2. The number of nitrogens with zero attached hydrogens (tertiary/aromatic N) is 2. The average Bonchev–Trinajstić information content (AvgIpc) is 3.24. The van der Waals surface area contributed by atoms with Crippen LogP contribution >= 0.6 is 0 Å².